The number of rotatable bonds is 6. The predicted molar refractivity (Wildman–Crippen MR) is 145 cm³/mol. The van der Waals surface area contributed by atoms with Gasteiger partial charge in [-0.15, -0.1) is 0 Å². The number of ether oxygens (including phenoxy) is 3. The standard InChI is InChI=1S/C31H34N4O4/c1-21-28(34-14-16-39-17-15-34)30(19-32,20-33)35-29(2,3)26(27(36)22-6-10-24(37-4)11-7-22)18-31(21,35)23-8-12-25(38-5)13-9-23/h6-13,18,21,28H,14-17H2,1-5H3/t21-,28-,31+/m0/s1. The highest BCUT2D eigenvalue weighted by Gasteiger charge is 2.73. The van der Waals surface area contributed by atoms with E-state index in [1.807, 2.05) is 49.1 Å². The van der Waals surface area contributed by atoms with E-state index in [2.05, 4.69) is 24.0 Å². The molecule has 8 nitrogen and oxygen atoms in total. The van der Waals surface area contributed by atoms with Crippen molar-refractivity contribution in [1.82, 2.24) is 9.80 Å². The molecule has 0 amide bonds. The minimum absolute atomic E-state index is 0.134. The zero-order valence-corrected chi connectivity index (χ0v) is 23.1. The number of hydrogen-bond acceptors (Lipinski definition) is 8. The lowest BCUT2D eigenvalue weighted by molar-refractivity contribution is -0.00728. The van der Waals surface area contributed by atoms with Crippen molar-refractivity contribution in [3.63, 3.8) is 0 Å². The number of benzene rings is 2. The predicted octanol–water partition coefficient (Wildman–Crippen LogP) is 3.94. The zero-order valence-electron chi connectivity index (χ0n) is 23.1. The van der Waals surface area contributed by atoms with Gasteiger partial charge in [0.15, 0.2) is 5.78 Å². The van der Waals surface area contributed by atoms with Gasteiger partial charge in [-0.2, -0.15) is 10.5 Å². The van der Waals surface area contributed by atoms with Crippen molar-refractivity contribution >= 4 is 5.78 Å². The minimum Gasteiger partial charge on any atom is -0.497 e. The molecule has 8 heteroatoms. The van der Waals surface area contributed by atoms with E-state index < -0.39 is 22.7 Å². The van der Waals surface area contributed by atoms with Crippen LogP contribution in [-0.2, 0) is 10.3 Å². The van der Waals surface area contributed by atoms with E-state index >= 15 is 0 Å². The fraction of sp³-hybridized carbons (Fsp3) is 0.452. The summed E-state index contributed by atoms with van der Waals surface area (Å²) in [7, 11) is 3.20. The highest BCUT2D eigenvalue weighted by Crippen LogP contribution is 2.62. The molecule has 3 heterocycles. The van der Waals surface area contributed by atoms with Gasteiger partial charge in [0, 0.05) is 35.7 Å². The molecule has 3 aliphatic heterocycles. The molecule has 0 aliphatic carbocycles. The highest BCUT2D eigenvalue weighted by molar-refractivity contribution is 6.11. The zero-order chi connectivity index (χ0) is 28.0. The van der Waals surface area contributed by atoms with Crippen LogP contribution in [0.15, 0.2) is 60.2 Å². The molecule has 2 fully saturated rings. The lowest BCUT2D eigenvalue weighted by Crippen LogP contribution is -2.63. The third kappa shape index (κ3) is 3.78. The topological polar surface area (TPSA) is 98.8 Å². The van der Waals surface area contributed by atoms with Gasteiger partial charge >= 0.3 is 0 Å². The summed E-state index contributed by atoms with van der Waals surface area (Å²) in [6.45, 7) is 8.36. The number of hydrogen-bond donors (Lipinski definition) is 0. The molecule has 0 aromatic heterocycles. The Balaban J connectivity index is 1.75. The molecule has 2 aromatic rings. The van der Waals surface area contributed by atoms with Crippen molar-refractivity contribution in [3.05, 3.63) is 71.3 Å². The van der Waals surface area contributed by atoms with Crippen LogP contribution in [0.4, 0.5) is 0 Å². The summed E-state index contributed by atoms with van der Waals surface area (Å²) in [6, 6.07) is 19.3. The van der Waals surface area contributed by atoms with Crippen LogP contribution in [0.5, 0.6) is 11.5 Å². The van der Waals surface area contributed by atoms with Gasteiger partial charge in [0.25, 0.3) is 0 Å². The number of Topliss-reactive ketones (excluding diaryl/α,β-unsaturated/α-hetero) is 1. The summed E-state index contributed by atoms with van der Waals surface area (Å²) in [5.74, 6) is 1.03. The Morgan fingerprint density at radius 1 is 0.949 bits per heavy atom. The molecule has 0 bridgehead atoms. The number of nitriles is 2. The molecule has 39 heavy (non-hydrogen) atoms. The summed E-state index contributed by atoms with van der Waals surface area (Å²) in [6.07, 6.45) is 2.02. The number of carbonyl (C=O) groups excluding carboxylic acids is 1. The van der Waals surface area contributed by atoms with Crippen molar-refractivity contribution in [2.24, 2.45) is 5.92 Å². The number of fused-ring (bicyclic) bond motifs is 1. The number of carbonyl (C=O) groups is 1. The van der Waals surface area contributed by atoms with Gasteiger partial charge < -0.3 is 14.2 Å². The van der Waals surface area contributed by atoms with Crippen LogP contribution in [0.3, 0.4) is 0 Å². The van der Waals surface area contributed by atoms with Crippen LogP contribution in [0.2, 0.25) is 0 Å². The minimum atomic E-state index is -1.52. The summed E-state index contributed by atoms with van der Waals surface area (Å²) < 4.78 is 16.3. The van der Waals surface area contributed by atoms with E-state index in [1.54, 1.807) is 38.5 Å². The summed E-state index contributed by atoms with van der Waals surface area (Å²) in [4.78, 5) is 18.3. The van der Waals surface area contributed by atoms with Crippen LogP contribution >= 0.6 is 0 Å². The monoisotopic (exact) mass is 526 g/mol. The molecule has 0 saturated carbocycles. The summed E-state index contributed by atoms with van der Waals surface area (Å²) >= 11 is 0. The molecular weight excluding hydrogens is 492 g/mol. The van der Waals surface area contributed by atoms with Crippen LogP contribution in [0, 0.1) is 28.6 Å². The number of methoxy groups -OCH3 is 2. The average Bonchev–Trinajstić information content (AvgIpc) is 3.37. The second-order valence-corrected chi connectivity index (χ2v) is 10.9. The molecule has 2 aromatic carbocycles. The third-order valence-electron chi connectivity index (χ3n) is 8.83. The first-order valence-electron chi connectivity index (χ1n) is 13.2. The van der Waals surface area contributed by atoms with Crippen molar-refractivity contribution in [2.45, 2.75) is 43.4 Å². The van der Waals surface area contributed by atoms with Crippen molar-refractivity contribution < 1.29 is 19.0 Å². The molecule has 0 spiro atoms. The van der Waals surface area contributed by atoms with Gasteiger partial charge in [0.05, 0.1) is 39.0 Å². The second-order valence-electron chi connectivity index (χ2n) is 10.9. The Bertz CT molecular complexity index is 1350. The Morgan fingerprint density at radius 2 is 1.49 bits per heavy atom. The van der Waals surface area contributed by atoms with E-state index in [1.165, 1.54) is 0 Å². The van der Waals surface area contributed by atoms with Crippen molar-refractivity contribution in [3.8, 4) is 23.6 Å². The molecule has 5 rings (SSSR count). The van der Waals surface area contributed by atoms with Gasteiger partial charge in [-0.05, 0) is 55.8 Å². The fourth-order valence-corrected chi connectivity index (χ4v) is 7.11. The largest absolute Gasteiger partial charge is 0.497 e. The third-order valence-corrected chi connectivity index (χ3v) is 8.83. The normalized spacial score (nSPS) is 27.6. The Morgan fingerprint density at radius 3 is 2.00 bits per heavy atom. The van der Waals surface area contributed by atoms with Crippen LogP contribution < -0.4 is 9.47 Å². The van der Waals surface area contributed by atoms with Crippen molar-refractivity contribution in [2.75, 3.05) is 40.5 Å². The molecular formula is C31H34N4O4. The highest BCUT2D eigenvalue weighted by atomic mass is 16.5. The molecule has 3 atom stereocenters. The summed E-state index contributed by atoms with van der Waals surface area (Å²) in [5, 5.41) is 21.7. The molecule has 2 saturated heterocycles. The maximum absolute atomic E-state index is 14.1. The quantitative estimate of drug-likeness (QED) is 0.522. The lowest BCUT2D eigenvalue weighted by atomic mass is 9.75. The van der Waals surface area contributed by atoms with Gasteiger partial charge in [-0.1, -0.05) is 25.1 Å². The lowest BCUT2D eigenvalue weighted by Gasteiger charge is -2.46. The maximum Gasteiger partial charge on any atom is 0.213 e. The molecule has 0 N–H and O–H groups in total. The molecule has 0 unspecified atom stereocenters. The van der Waals surface area contributed by atoms with E-state index in [4.69, 9.17) is 14.2 Å². The van der Waals surface area contributed by atoms with Crippen LogP contribution in [0.25, 0.3) is 0 Å². The average molecular weight is 527 g/mol. The Labute approximate surface area is 230 Å². The van der Waals surface area contributed by atoms with E-state index in [-0.39, 0.29) is 11.7 Å². The van der Waals surface area contributed by atoms with E-state index in [0.717, 1.165) is 5.56 Å². The first kappa shape index (κ1) is 26.9. The molecule has 0 radical (unpaired) electrons. The van der Waals surface area contributed by atoms with Gasteiger partial charge in [-0.3, -0.25) is 9.69 Å². The van der Waals surface area contributed by atoms with Crippen LogP contribution in [0.1, 0.15) is 36.7 Å². The summed E-state index contributed by atoms with van der Waals surface area (Å²) in [5.41, 5.74) is -1.34. The number of ketones is 1. The molecule has 3 aliphatic rings. The SMILES string of the molecule is COc1ccc(C(=O)C2=C[C@]3(c4ccc(OC)cc4)[C@@H](C)[C@H](N4CCOCC4)C(C#N)(C#N)N3C2(C)C)cc1. The second kappa shape index (κ2) is 9.81. The molecule has 202 valence electrons. The van der Waals surface area contributed by atoms with Gasteiger partial charge in [-0.25, -0.2) is 4.90 Å². The number of nitrogens with zero attached hydrogens (tertiary/aromatic N) is 4. The fourth-order valence-electron chi connectivity index (χ4n) is 7.11. The maximum atomic E-state index is 14.1. The van der Waals surface area contributed by atoms with Crippen LogP contribution in [-0.4, -0.2) is 73.2 Å². The van der Waals surface area contributed by atoms with E-state index in [0.29, 0.717) is 48.9 Å². The van der Waals surface area contributed by atoms with Gasteiger partial charge in [0.1, 0.15) is 23.6 Å². The Kier molecular flexibility index (Phi) is 6.76. The van der Waals surface area contributed by atoms with Crippen molar-refractivity contribution in [1.29, 1.82) is 10.5 Å². The number of morpholine rings is 1. The smallest absolute Gasteiger partial charge is 0.213 e. The first-order chi connectivity index (χ1) is 18.7. The first-order valence-corrected chi connectivity index (χ1v) is 13.2. The van der Waals surface area contributed by atoms with E-state index in [9.17, 15) is 15.3 Å². The van der Waals surface area contributed by atoms with Gasteiger partial charge in [0.2, 0.25) is 5.54 Å². The Hall–Kier alpha value is -3.69.